The zero-order valence-corrected chi connectivity index (χ0v) is 14.0. The van der Waals surface area contributed by atoms with E-state index in [1.165, 1.54) is 26.2 Å². The van der Waals surface area contributed by atoms with Crippen LogP contribution in [0.4, 0.5) is 0 Å². The first-order valence-electron chi connectivity index (χ1n) is 6.02. The number of aliphatic hydroxyl groups is 1. The fraction of sp³-hybridized carbons (Fsp3) is 1.00. The average Bonchev–Trinajstić information content (AvgIpc) is 2.20. The topological polar surface area (TPSA) is 77.4 Å². The van der Waals surface area contributed by atoms with E-state index in [1.807, 2.05) is 0 Å². The van der Waals surface area contributed by atoms with E-state index in [-0.39, 0.29) is 29.6 Å². The molecule has 4 nitrogen and oxygen atoms in total. The molecule has 6 heteroatoms. The Morgan fingerprint density at radius 2 is 1.59 bits per heavy atom. The Balaban J connectivity index is 0. The van der Waals surface area contributed by atoms with Gasteiger partial charge in [0.1, 0.15) is 0 Å². The molecule has 0 aliphatic carbocycles. The van der Waals surface area contributed by atoms with Crippen LogP contribution in [0, 0.1) is 0 Å². The van der Waals surface area contributed by atoms with Gasteiger partial charge in [0, 0.05) is 0 Å². The standard InChI is InChI=1S/C11H24O4S.Na/c1-3-4-5-6-7-8-9-11(12)10(2)16(13,14)15;/h10-12H,3-9H2,1-2H3,(H,13,14,15);/q;+1/p-1. The zero-order valence-electron chi connectivity index (χ0n) is 11.2. The average molecular weight is 274 g/mol. The van der Waals surface area contributed by atoms with Crippen LogP contribution in [-0.4, -0.2) is 29.4 Å². The monoisotopic (exact) mass is 274 g/mol. The van der Waals surface area contributed by atoms with Crippen LogP contribution in [0.15, 0.2) is 0 Å². The van der Waals surface area contributed by atoms with E-state index in [0.29, 0.717) is 6.42 Å². The third-order valence-electron chi connectivity index (χ3n) is 2.85. The van der Waals surface area contributed by atoms with Crippen molar-refractivity contribution in [2.75, 3.05) is 0 Å². The molecule has 0 amide bonds. The van der Waals surface area contributed by atoms with Crippen LogP contribution in [0.3, 0.4) is 0 Å². The maximum atomic E-state index is 10.6. The number of hydrogen-bond acceptors (Lipinski definition) is 4. The SMILES string of the molecule is CCCCCCCCC(O)C(C)S(=O)(=O)[O-].[Na+]. The van der Waals surface area contributed by atoms with Gasteiger partial charge in [-0.25, -0.2) is 8.42 Å². The van der Waals surface area contributed by atoms with E-state index in [2.05, 4.69) is 6.92 Å². The van der Waals surface area contributed by atoms with Crippen molar-refractivity contribution in [1.29, 1.82) is 0 Å². The summed E-state index contributed by atoms with van der Waals surface area (Å²) in [5.74, 6) is 0. The van der Waals surface area contributed by atoms with Crippen molar-refractivity contribution in [1.82, 2.24) is 0 Å². The summed E-state index contributed by atoms with van der Waals surface area (Å²) in [5, 5.41) is 8.29. The summed E-state index contributed by atoms with van der Waals surface area (Å²) in [5.41, 5.74) is 0. The Hall–Kier alpha value is 0.870. The molecule has 0 aromatic carbocycles. The third kappa shape index (κ3) is 10.5. The van der Waals surface area contributed by atoms with Crippen LogP contribution in [0.25, 0.3) is 0 Å². The van der Waals surface area contributed by atoms with E-state index in [1.54, 1.807) is 0 Å². The maximum absolute atomic E-state index is 10.6. The van der Waals surface area contributed by atoms with Crippen LogP contribution in [0.1, 0.15) is 58.8 Å². The first-order chi connectivity index (χ1) is 7.39. The number of hydrogen-bond donors (Lipinski definition) is 1. The molecule has 2 unspecified atom stereocenters. The van der Waals surface area contributed by atoms with E-state index in [4.69, 9.17) is 0 Å². The van der Waals surface area contributed by atoms with Gasteiger partial charge < -0.3 is 9.66 Å². The predicted octanol–water partition coefficient (Wildman–Crippen LogP) is -0.964. The van der Waals surface area contributed by atoms with Crippen LogP contribution in [-0.2, 0) is 10.1 Å². The Bertz CT molecular complexity index is 267. The van der Waals surface area contributed by atoms with Crippen LogP contribution in [0.2, 0.25) is 0 Å². The largest absolute Gasteiger partial charge is 1.00 e. The molecule has 0 fully saturated rings. The van der Waals surface area contributed by atoms with Gasteiger partial charge in [0.25, 0.3) is 0 Å². The second kappa shape index (κ2) is 10.8. The Labute approximate surface area is 127 Å². The first-order valence-corrected chi connectivity index (χ1v) is 7.49. The van der Waals surface area contributed by atoms with Crippen molar-refractivity contribution in [2.24, 2.45) is 0 Å². The van der Waals surface area contributed by atoms with E-state index < -0.39 is 21.5 Å². The van der Waals surface area contributed by atoms with E-state index >= 15 is 0 Å². The normalized spacial score (nSPS) is 15.1. The van der Waals surface area contributed by atoms with Gasteiger partial charge in [-0.05, 0) is 13.3 Å². The molecule has 0 aliphatic rings. The van der Waals surface area contributed by atoms with Crippen molar-refractivity contribution in [3.05, 3.63) is 0 Å². The minimum Gasteiger partial charge on any atom is -0.748 e. The Kier molecular flexibility index (Phi) is 12.8. The van der Waals surface area contributed by atoms with Crippen LogP contribution >= 0.6 is 0 Å². The molecule has 0 spiro atoms. The molecule has 0 saturated carbocycles. The molecular formula is C11H23NaO4S. The summed E-state index contributed by atoms with van der Waals surface area (Å²) >= 11 is 0. The van der Waals surface area contributed by atoms with E-state index in [9.17, 15) is 18.1 Å². The van der Waals surface area contributed by atoms with Gasteiger partial charge in [-0.2, -0.15) is 0 Å². The Morgan fingerprint density at radius 1 is 1.12 bits per heavy atom. The summed E-state index contributed by atoms with van der Waals surface area (Å²) in [6.07, 6.45) is 5.85. The molecule has 2 atom stereocenters. The maximum Gasteiger partial charge on any atom is 1.00 e. The van der Waals surface area contributed by atoms with Gasteiger partial charge in [-0.15, -0.1) is 0 Å². The van der Waals surface area contributed by atoms with Crippen molar-refractivity contribution in [3.8, 4) is 0 Å². The molecule has 98 valence electrons. The summed E-state index contributed by atoms with van der Waals surface area (Å²) in [7, 11) is -4.35. The van der Waals surface area contributed by atoms with Gasteiger partial charge in [-0.3, -0.25) is 0 Å². The molecule has 0 bridgehead atoms. The quantitative estimate of drug-likeness (QED) is 0.333. The summed E-state index contributed by atoms with van der Waals surface area (Å²) in [6, 6.07) is 0. The van der Waals surface area contributed by atoms with Crippen molar-refractivity contribution in [2.45, 2.75) is 70.1 Å². The summed E-state index contributed by atoms with van der Waals surface area (Å²) in [4.78, 5) is 0. The van der Waals surface area contributed by atoms with Crippen LogP contribution in [0.5, 0.6) is 0 Å². The van der Waals surface area contributed by atoms with Gasteiger partial charge >= 0.3 is 29.6 Å². The van der Waals surface area contributed by atoms with Crippen LogP contribution < -0.4 is 29.6 Å². The molecule has 17 heavy (non-hydrogen) atoms. The van der Waals surface area contributed by atoms with E-state index in [0.717, 1.165) is 19.3 Å². The number of aliphatic hydroxyl groups excluding tert-OH is 1. The Morgan fingerprint density at radius 3 is 2.06 bits per heavy atom. The molecule has 0 rings (SSSR count). The van der Waals surface area contributed by atoms with Crippen molar-refractivity contribution >= 4 is 10.1 Å². The molecule has 0 aliphatic heterocycles. The van der Waals surface area contributed by atoms with Crippen molar-refractivity contribution in [3.63, 3.8) is 0 Å². The third-order valence-corrected chi connectivity index (χ3v) is 4.08. The molecule has 0 heterocycles. The number of rotatable bonds is 9. The van der Waals surface area contributed by atoms with Gasteiger partial charge in [0.2, 0.25) is 0 Å². The second-order valence-electron chi connectivity index (χ2n) is 4.32. The summed E-state index contributed by atoms with van der Waals surface area (Å²) < 4.78 is 31.9. The fourth-order valence-electron chi connectivity index (χ4n) is 1.56. The first kappa shape index (κ1) is 20.2. The van der Waals surface area contributed by atoms with Gasteiger partial charge in [-0.1, -0.05) is 45.4 Å². The number of unbranched alkanes of at least 4 members (excludes halogenated alkanes) is 5. The smallest absolute Gasteiger partial charge is 0.748 e. The second-order valence-corrected chi connectivity index (χ2v) is 6.05. The predicted molar refractivity (Wildman–Crippen MR) is 63.2 cm³/mol. The fourth-order valence-corrected chi connectivity index (χ4v) is 2.08. The zero-order chi connectivity index (χ0) is 12.6. The molecule has 1 N–H and O–H groups in total. The van der Waals surface area contributed by atoms with Crippen molar-refractivity contribution < 1.29 is 47.6 Å². The summed E-state index contributed by atoms with van der Waals surface area (Å²) in [6.45, 7) is 3.41. The molecular weight excluding hydrogens is 251 g/mol. The minimum absolute atomic E-state index is 0. The van der Waals surface area contributed by atoms with Gasteiger partial charge in [0.15, 0.2) is 0 Å². The molecule has 0 saturated heterocycles. The van der Waals surface area contributed by atoms with Gasteiger partial charge in [0.05, 0.1) is 21.5 Å². The molecule has 0 aromatic heterocycles. The molecule has 0 aromatic rings. The molecule has 0 radical (unpaired) electrons. The minimum atomic E-state index is -4.35.